The van der Waals surface area contributed by atoms with E-state index in [1.54, 1.807) is 0 Å². The largest absolute Gasteiger partial charge is 0.508 e. The Morgan fingerprint density at radius 3 is 2.42 bits per heavy atom. The lowest BCUT2D eigenvalue weighted by molar-refractivity contribution is 0.0918. The zero-order chi connectivity index (χ0) is 12.8. The van der Waals surface area contributed by atoms with Gasteiger partial charge in [0.25, 0.3) is 0 Å². The summed E-state index contributed by atoms with van der Waals surface area (Å²) < 4.78 is 0. The summed E-state index contributed by atoms with van der Waals surface area (Å²) in [5.41, 5.74) is 1.09. The average molecular weight is 254 g/mol. The molecule has 3 heteroatoms. The molecule has 2 aromatic carbocycles. The number of aromatic hydroxyl groups is 1. The third-order valence-corrected chi connectivity index (χ3v) is 4.46. The van der Waals surface area contributed by atoms with Gasteiger partial charge in [0.1, 0.15) is 5.75 Å². The molecular weight excluding hydrogens is 236 g/mol. The molecule has 3 nitrogen and oxygen atoms in total. The van der Waals surface area contributed by atoms with E-state index in [0.29, 0.717) is 5.75 Å². The Morgan fingerprint density at radius 2 is 1.63 bits per heavy atom. The minimum atomic E-state index is 0.264. The molecule has 0 spiro atoms. The second kappa shape index (κ2) is 4.22. The first-order valence-corrected chi connectivity index (χ1v) is 7.03. The van der Waals surface area contributed by atoms with Gasteiger partial charge in [-0.2, -0.15) is 0 Å². The molecular formula is C16H18N2O. The number of benzene rings is 2. The monoisotopic (exact) mass is 254 g/mol. The van der Waals surface area contributed by atoms with Crippen LogP contribution in [0.3, 0.4) is 0 Å². The highest BCUT2D eigenvalue weighted by Crippen LogP contribution is 2.41. The van der Waals surface area contributed by atoms with Crippen LogP contribution in [-0.4, -0.2) is 41.1 Å². The van der Waals surface area contributed by atoms with E-state index in [4.69, 9.17) is 0 Å². The van der Waals surface area contributed by atoms with Gasteiger partial charge in [-0.3, -0.25) is 9.80 Å². The van der Waals surface area contributed by atoms with Crippen molar-refractivity contribution in [2.45, 2.75) is 12.6 Å². The summed E-state index contributed by atoms with van der Waals surface area (Å²) in [6.07, 6.45) is 1.50. The SMILES string of the molecule is Oc1ccc2ccccc2c1C1N2CCCN1CC2. The minimum absolute atomic E-state index is 0.264. The highest BCUT2D eigenvalue weighted by molar-refractivity contribution is 5.88. The maximum Gasteiger partial charge on any atom is 0.122 e. The summed E-state index contributed by atoms with van der Waals surface area (Å²) >= 11 is 0. The normalized spacial score (nSPS) is 29.8. The van der Waals surface area contributed by atoms with Crippen LogP contribution in [0.2, 0.25) is 0 Å². The molecule has 0 saturated carbocycles. The van der Waals surface area contributed by atoms with E-state index >= 15 is 0 Å². The predicted octanol–water partition coefficient (Wildman–Crippen LogP) is 2.57. The summed E-state index contributed by atoms with van der Waals surface area (Å²) in [6.45, 7) is 4.52. The number of hydrogen-bond acceptors (Lipinski definition) is 3. The standard InChI is InChI=1S/C16H18N2O/c19-14-7-6-12-4-1-2-5-13(12)15(14)16-17-8-3-9-18(16)11-10-17/h1-2,4-7,16,19H,3,8-11H2. The number of hydrogen-bond donors (Lipinski definition) is 1. The zero-order valence-corrected chi connectivity index (χ0v) is 10.9. The van der Waals surface area contributed by atoms with Crippen molar-refractivity contribution in [3.05, 3.63) is 42.0 Å². The summed E-state index contributed by atoms with van der Waals surface area (Å²) in [5, 5.41) is 12.8. The van der Waals surface area contributed by atoms with Gasteiger partial charge in [0.05, 0.1) is 6.17 Å². The summed E-state index contributed by atoms with van der Waals surface area (Å²) in [6, 6.07) is 12.2. The Labute approximate surface area is 113 Å². The molecule has 2 aromatic rings. The fourth-order valence-corrected chi connectivity index (χ4v) is 3.60. The van der Waals surface area contributed by atoms with Crippen molar-refractivity contribution < 1.29 is 5.11 Å². The molecule has 98 valence electrons. The maximum atomic E-state index is 10.4. The van der Waals surface area contributed by atoms with E-state index in [9.17, 15) is 5.11 Å². The number of phenols is 1. The van der Waals surface area contributed by atoms with Crippen molar-refractivity contribution in [3.8, 4) is 5.75 Å². The molecule has 4 rings (SSSR count). The molecule has 2 unspecified atom stereocenters. The molecule has 2 saturated heterocycles. The topological polar surface area (TPSA) is 26.7 Å². The number of nitrogens with zero attached hydrogens (tertiary/aromatic N) is 2. The first-order chi connectivity index (χ1) is 9.34. The fourth-order valence-electron chi connectivity index (χ4n) is 3.60. The van der Waals surface area contributed by atoms with Crippen molar-refractivity contribution in [1.82, 2.24) is 9.80 Å². The van der Waals surface area contributed by atoms with Gasteiger partial charge in [-0.15, -0.1) is 0 Å². The smallest absolute Gasteiger partial charge is 0.122 e. The highest BCUT2D eigenvalue weighted by Gasteiger charge is 2.37. The molecule has 0 amide bonds. The van der Waals surface area contributed by atoms with Crippen LogP contribution in [0.5, 0.6) is 5.75 Å². The van der Waals surface area contributed by atoms with E-state index in [1.165, 1.54) is 17.2 Å². The summed E-state index contributed by atoms with van der Waals surface area (Å²) in [4.78, 5) is 4.98. The Kier molecular flexibility index (Phi) is 2.50. The van der Waals surface area contributed by atoms with Crippen LogP contribution in [0.1, 0.15) is 18.2 Å². The lowest BCUT2D eigenvalue weighted by Crippen LogP contribution is -2.38. The third-order valence-electron chi connectivity index (χ3n) is 4.46. The Morgan fingerprint density at radius 1 is 0.895 bits per heavy atom. The lowest BCUT2D eigenvalue weighted by atomic mass is 9.99. The van der Waals surface area contributed by atoms with Crippen LogP contribution >= 0.6 is 0 Å². The van der Waals surface area contributed by atoms with E-state index in [0.717, 1.165) is 31.7 Å². The van der Waals surface area contributed by atoms with Gasteiger partial charge in [0.15, 0.2) is 0 Å². The maximum absolute atomic E-state index is 10.4. The van der Waals surface area contributed by atoms with E-state index in [2.05, 4.69) is 34.1 Å². The molecule has 0 aromatic heterocycles. The number of fused-ring (bicyclic) bond motifs is 3. The average Bonchev–Trinajstić information content (AvgIpc) is 2.69. The quantitative estimate of drug-likeness (QED) is 0.847. The highest BCUT2D eigenvalue weighted by atomic mass is 16.3. The first-order valence-electron chi connectivity index (χ1n) is 7.03. The molecule has 0 radical (unpaired) electrons. The molecule has 0 aliphatic carbocycles. The molecule has 2 heterocycles. The van der Waals surface area contributed by atoms with E-state index in [1.807, 2.05) is 12.1 Å². The van der Waals surface area contributed by atoms with Crippen molar-refractivity contribution in [2.75, 3.05) is 26.2 Å². The van der Waals surface area contributed by atoms with Gasteiger partial charge in [-0.1, -0.05) is 30.3 Å². The summed E-state index contributed by atoms with van der Waals surface area (Å²) in [5.74, 6) is 0.433. The van der Waals surface area contributed by atoms with Crippen molar-refractivity contribution in [3.63, 3.8) is 0 Å². The zero-order valence-electron chi connectivity index (χ0n) is 10.9. The van der Waals surface area contributed by atoms with Gasteiger partial charge in [-0.25, -0.2) is 0 Å². The first kappa shape index (κ1) is 11.3. The molecule has 1 N–H and O–H groups in total. The van der Waals surface area contributed by atoms with Gasteiger partial charge >= 0.3 is 0 Å². The van der Waals surface area contributed by atoms with Gasteiger partial charge in [-0.05, 0) is 23.3 Å². The van der Waals surface area contributed by atoms with Crippen LogP contribution in [0.25, 0.3) is 10.8 Å². The minimum Gasteiger partial charge on any atom is -0.508 e. The van der Waals surface area contributed by atoms with Crippen LogP contribution < -0.4 is 0 Å². The lowest BCUT2D eigenvalue weighted by Gasteiger charge is -2.36. The molecule has 19 heavy (non-hydrogen) atoms. The molecule has 2 bridgehead atoms. The molecule has 2 aliphatic rings. The molecule has 2 fully saturated rings. The number of rotatable bonds is 1. The van der Waals surface area contributed by atoms with Crippen LogP contribution in [0.4, 0.5) is 0 Å². The molecule has 2 aliphatic heterocycles. The van der Waals surface area contributed by atoms with Crippen LogP contribution in [-0.2, 0) is 0 Å². The molecule has 2 atom stereocenters. The van der Waals surface area contributed by atoms with Crippen LogP contribution in [0, 0.1) is 0 Å². The Balaban J connectivity index is 1.93. The van der Waals surface area contributed by atoms with Crippen molar-refractivity contribution in [2.24, 2.45) is 0 Å². The van der Waals surface area contributed by atoms with Crippen molar-refractivity contribution >= 4 is 10.8 Å². The fraction of sp³-hybridized carbons (Fsp3) is 0.375. The Hall–Kier alpha value is -1.58. The predicted molar refractivity (Wildman–Crippen MR) is 76.1 cm³/mol. The number of phenolic OH excluding ortho intramolecular Hbond substituents is 1. The van der Waals surface area contributed by atoms with Crippen LogP contribution in [0.15, 0.2) is 36.4 Å². The van der Waals surface area contributed by atoms with E-state index in [-0.39, 0.29) is 6.17 Å². The summed E-state index contributed by atoms with van der Waals surface area (Å²) in [7, 11) is 0. The second-order valence-electron chi connectivity index (χ2n) is 5.52. The van der Waals surface area contributed by atoms with Gasteiger partial charge < -0.3 is 5.11 Å². The third kappa shape index (κ3) is 1.66. The van der Waals surface area contributed by atoms with Crippen molar-refractivity contribution in [1.29, 1.82) is 0 Å². The second-order valence-corrected chi connectivity index (χ2v) is 5.52. The van der Waals surface area contributed by atoms with Gasteiger partial charge in [0.2, 0.25) is 0 Å². The Bertz CT molecular complexity index is 609. The van der Waals surface area contributed by atoms with E-state index < -0.39 is 0 Å². The van der Waals surface area contributed by atoms with Gasteiger partial charge in [0, 0.05) is 31.7 Å².